The topological polar surface area (TPSA) is 128 Å². The van der Waals surface area contributed by atoms with Crippen LogP contribution >= 0.6 is 15.9 Å². The fourth-order valence-electron chi connectivity index (χ4n) is 3.88. The maximum Gasteiger partial charge on any atom is 0.335 e. The SMILES string of the molecule is COc1cc(/C=C2\C(=O)NC(=O)N(c3cc(C)ccc3C)C2=O)cc(Br)c1OCc1cccc([N+](=O)[O-])c1. The molecule has 0 spiro atoms. The lowest BCUT2D eigenvalue weighted by molar-refractivity contribution is -0.384. The number of non-ortho nitro benzene ring substituents is 1. The average Bonchev–Trinajstić information content (AvgIpc) is 2.87. The van der Waals surface area contributed by atoms with Crippen molar-refractivity contribution in [2.45, 2.75) is 20.5 Å². The third-order valence-electron chi connectivity index (χ3n) is 5.77. The van der Waals surface area contributed by atoms with E-state index in [-0.39, 0.29) is 17.9 Å². The van der Waals surface area contributed by atoms with E-state index in [1.54, 1.807) is 43.3 Å². The smallest absolute Gasteiger partial charge is 0.335 e. The second-order valence-corrected chi connectivity index (χ2v) is 9.35. The molecule has 0 atom stereocenters. The fourth-order valence-corrected chi connectivity index (χ4v) is 4.46. The molecule has 0 saturated carbocycles. The summed E-state index contributed by atoms with van der Waals surface area (Å²) in [6.45, 7) is 3.64. The molecule has 1 aliphatic rings. The number of methoxy groups -OCH3 is 1. The molecule has 0 bridgehead atoms. The van der Waals surface area contributed by atoms with E-state index in [9.17, 15) is 24.5 Å². The van der Waals surface area contributed by atoms with E-state index in [0.717, 1.165) is 10.5 Å². The summed E-state index contributed by atoms with van der Waals surface area (Å²) in [5, 5.41) is 13.3. The predicted molar refractivity (Wildman–Crippen MR) is 143 cm³/mol. The number of benzene rings is 3. The molecular weight excluding hydrogens is 558 g/mol. The molecule has 1 N–H and O–H groups in total. The van der Waals surface area contributed by atoms with Crippen molar-refractivity contribution in [2.75, 3.05) is 12.0 Å². The summed E-state index contributed by atoms with van der Waals surface area (Å²) < 4.78 is 11.8. The summed E-state index contributed by atoms with van der Waals surface area (Å²) in [5.74, 6) is -0.952. The van der Waals surface area contributed by atoms with Crippen LogP contribution in [0.5, 0.6) is 11.5 Å². The average molecular weight is 580 g/mol. The first kappa shape index (κ1) is 26.6. The molecule has 1 aliphatic heterocycles. The van der Waals surface area contributed by atoms with Gasteiger partial charge in [0.05, 0.1) is 22.2 Å². The van der Waals surface area contributed by atoms with E-state index in [0.29, 0.717) is 38.3 Å². The standard InChI is InChI=1S/C27H22BrN3O7/c1-15-7-8-16(2)22(9-15)30-26(33)20(25(32)29-27(30)34)11-18-12-21(28)24(23(13-18)37-3)38-14-17-5-4-6-19(10-17)31(35)36/h4-13H,14H2,1-3H3,(H,29,32,34)/b20-11+. The van der Waals surface area contributed by atoms with Crippen molar-refractivity contribution < 1.29 is 28.8 Å². The molecule has 0 unspecified atom stereocenters. The van der Waals surface area contributed by atoms with Crippen LogP contribution in [0.15, 0.2) is 64.6 Å². The summed E-state index contributed by atoms with van der Waals surface area (Å²) in [7, 11) is 1.43. The number of halogens is 1. The Morgan fingerprint density at radius 2 is 1.84 bits per heavy atom. The molecule has 1 heterocycles. The maximum absolute atomic E-state index is 13.3. The van der Waals surface area contributed by atoms with Crippen molar-refractivity contribution in [2.24, 2.45) is 0 Å². The Hall–Kier alpha value is -4.51. The van der Waals surface area contributed by atoms with Crippen molar-refractivity contribution in [1.82, 2.24) is 5.32 Å². The van der Waals surface area contributed by atoms with Crippen molar-refractivity contribution in [3.8, 4) is 11.5 Å². The van der Waals surface area contributed by atoms with E-state index < -0.39 is 22.8 Å². The molecule has 194 valence electrons. The van der Waals surface area contributed by atoms with Gasteiger partial charge in [-0.3, -0.25) is 25.0 Å². The third-order valence-corrected chi connectivity index (χ3v) is 6.36. The molecule has 38 heavy (non-hydrogen) atoms. The van der Waals surface area contributed by atoms with Gasteiger partial charge in [0.1, 0.15) is 12.2 Å². The molecule has 1 saturated heterocycles. The van der Waals surface area contributed by atoms with Gasteiger partial charge >= 0.3 is 6.03 Å². The van der Waals surface area contributed by atoms with Gasteiger partial charge in [-0.25, -0.2) is 9.69 Å². The Morgan fingerprint density at radius 1 is 1.08 bits per heavy atom. The quantitative estimate of drug-likeness (QED) is 0.176. The van der Waals surface area contributed by atoms with Crippen LogP contribution in [0.1, 0.15) is 22.3 Å². The van der Waals surface area contributed by atoms with Crippen LogP contribution in [0.25, 0.3) is 6.08 Å². The largest absolute Gasteiger partial charge is 0.493 e. The van der Waals surface area contributed by atoms with Crippen molar-refractivity contribution in [3.63, 3.8) is 0 Å². The van der Waals surface area contributed by atoms with Gasteiger partial charge in [0.15, 0.2) is 11.5 Å². The predicted octanol–water partition coefficient (Wildman–Crippen LogP) is 5.23. The first-order valence-electron chi connectivity index (χ1n) is 11.3. The number of nitro benzene ring substituents is 1. The van der Waals surface area contributed by atoms with E-state index in [4.69, 9.17) is 9.47 Å². The normalized spacial score (nSPS) is 14.5. The molecule has 3 aromatic carbocycles. The highest BCUT2D eigenvalue weighted by Gasteiger charge is 2.37. The van der Waals surface area contributed by atoms with Gasteiger partial charge in [0.2, 0.25) is 0 Å². The van der Waals surface area contributed by atoms with Crippen LogP contribution in [0, 0.1) is 24.0 Å². The van der Waals surface area contributed by atoms with Crippen LogP contribution in [-0.4, -0.2) is 29.9 Å². The van der Waals surface area contributed by atoms with Gasteiger partial charge in [-0.2, -0.15) is 0 Å². The summed E-state index contributed by atoms with van der Waals surface area (Å²) in [6, 6.07) is 13.8. The molecule has 3 aromatic rings. The van der Waals surface area contributed by atoms with E-state index in [1.807, 2.05) is 13.0 Å². The number of urea groups is 1. The number of rotatable bonds is 7. The van der Waals surface area contributed by atoms with Crippen LogP contribution in [0.3, 0.4) is 0 Å². The van der Waals surface area contributed by atoms with E-state index >= 15 is 0 Å². The Balaban J connectivity index is 1.65. The van der Waals surface area contributed by atoms with Crippen LogP contribution in [0.2, 0.25) is 0 Å². The van der Waals surface area contributed by atoms with Crippen molar-refractivity contribution in [3.05, 3.63) is 97.0 Å². The Kier molecular flexibility index (Phi) is 7.58. The number of barbiturate groups is 1. The zero-order chi connectivity index (χ0) is 27.6. The first-order valence-corrected chi connectivity index (χ1v) is 12.1. The van der Waals surface area contributed by atoms with Crippen LogP contribution in [0.4, 0.5) is 16.2 Å². The molecule has 0 radical (unpaired) electrons. The summed E-state index contributed by atoms with van der Waals surface area (Å²) in [5.41, 5.74) is 2.66. The number of amides is 4. The number of nitro groups is 1. The Morgan fingerprint density at radius 3 is 2.55 bits per heavy atom. The van der Waals surface area contributed by atoms with Gasteiger partial charge in [-0.15, -0.1) is 0 Å². The lowest BCUT2D eigenvalue weighted by Gasteiger charge is -2.27. The Labute approximate surface area is 226 Å². The molecule has 1 fully saturated rings. The number of imide groups is 2. The Bertz CT molecular complexity index is 1520. The highest BCUT2D eigenvalue weighted by atomic mass is 79.9. The highest BCUT2D eigenvalue weighted by molar-refractivity contribution is 9.10. The molecule has 10 nitrogen and oxygen atoms in total. The molecule has 4 rings (SSSR count). The molecular formula is C27H22BrN3O7. The fraction of sp³-hybridized carbons (Fsp3) is 0.148. The minimum absolute atomic E-state index is 0.0326. The number of nitrogens with one attached hydrogen (secondary N) is 1. The number of carbonyl (C=O) groups is 3. The minimum Gasteiger partial charge on any atom is -0.493 e. The number of carbonyl (C=O) groups excluding carboxylic acids is 3. The van der Waals surface area contributed by atoms with Gasteiger partial charge in [-0.05, 0) is 76.3 Å². The third kappa shape index (κ3) is 5.42. The van der Waals surface area contributed by atoms with Crippen molar-refractivity contribution >= 4 is 51.2 Å². The van der Waals surface area contributed by atoms with Gasteiger partial charge in [-0.1, -0.05) is 24.3 Å². The second-order valence-electron chi connectivity index (χ2n) is 8.50. The first-order chi connectivity index (χ1) is 18.1. The van der Waals surface area contributed by atoms with Crippen molar-refractivity contribution in [1.29, 1.82) is 0 Å². The molecule has 0 aliphatic carbocycles. The minimum atomic E-state index is -0.825. The van der Waals surface area contributed by atoms with Gasteiger partial charge < -0.3 is 9.47 Å². The lowest BCUT2D eigenvalue weighted by atomic mass is 10.0. The summed E-state index contributed by atoms with van der Waals surface area (Å²) in [6.07, 6.45) is 1.36. The van der Waals surface area contributed by atoms with E-state index in [1.165, 1.54) is 25.3 Å². The highest BCUT2D eigenvalue weighted by Crippen LogP contribution is 2.38. The van der Waals surface area contributed by atoms with Gasteiger partial charge in [0, 0.05) is 12.1 Å². The maximum atomic E-state index is 13.3. The van der Waals surface area contributed by atoms with Crippen LogP contribution < -0.4 is 19.7 Å². The number of ether oxygens (including phenoxy) is 2. The molecule has 11 heteroatoms. The zero-order valence-electron chi connectivity index (χ0n) is 20.6. The van der Waals surface area contributed by atoms with E-state index in [2.05, 4.69) is 21.2 Å². The number of hydrogen-bond acceptors (Lipinski definition) is 7. The monoisotopic (exact) mass is 579 g/mol. The van der Waals surface area contributed by atoms with Crippen LogP contribution in [-0.2, 0) is 16.2 Å². The summed E-state index contributed by atoms with van der Waals surface area (Å²) >= 11 is 3.43. The number of nitrogens with zero attached hydrogens (tertiary/aromatic N) is 2. The molecule has 4 amide bonds. The van der Waals surface area contributed by atoms with Gasteiger partial charge in [0.25, 0.3) is 17.5 Å². The lowest BCUT2D eigenvalue weighted by Crippen LogP contribution is -2.54. The number of anilines is 1. The second kappa shape index (κ2) is 10.9. The molecule has 0 aromatic heterocycles. The number of aryl methyl sites for hydroxylation is 2. The zero-order valence-corrected chi connectivity index (χ0v) is 22.2. The summed E-state index contributed by atoms with van der Waals surface area (Å²) in [4.78, 5) is 50.0. The number of hydrogen-bond donors (Lipinski definition) is 1.